The van der Waals surface area contributed by atoms with Crippen LogP contribution in [0.2, 0.25) is 0 Å². The van der Waals surface area contributed by atoms with Crippen LogP contribution >= 0.6 is 0 Å². The predicted molar refractivity (Wildman–Crippen MR) is 158 cm³/mol. The normalized spacial score (nSPS) is 11.4. The summed E-state index contributed by atoms with van der Waals surface area (Å²) in [5.41, 5.74) is 5.47. The van der Waals surface area contributed by atoms with Crippen LogP contribution < -0.4 is 5.32 Å². The van der Waals surface area contributed by atoms with Crippen LogP contribution in [0, 0.1) is 0 Å². The predicted octanol–water partition coefficient (Wildman–Crippen LogP) is 5.16. The highest BCUT2D eigenvalue weighted by Crippen LogP contribution is 2.41. The molecule has 0 fully saturated rings. The van der Waals surface area contributed by atoms with Crippen molar-refractivity contribution in [1.82, 2.24) is 19.8 Å². The molecule has 204 valence electrons. The molecule has 2 heterocycles. The molecule has 3 aromatic carbocycles. The number of benzene rings is 3. The fraction of sp³-hybridized carbons (Fsp3) is 0.212. The van der Waals surface area contributed by atoms with Gasteiger partial charge in [0.2, 0.25) is 0 Å². The molecule has 0 atom stereocenters. The molecular weight excluding hydrogens is 500 g/mol. The van der Waals surface area contributed by atoms with Gasteiger partial charge in [0.25, 0.3) is 5.91 Å². The minimum atomic E-state index is -0.312. The fourth-order valence-electron chi connectivity index (χ4n) is 5.21. The third kappa shape index (κ3) is 5.84. The number of hydrogen-bond donors (Lipinski definition) is 3. The quantitative estimate of drug-likeness (QED) is 0.230. The summed E-state index contributed by atoms with van der Waals surface area (Å²) in [5.74, 6) is -0.0967. The molecular formula is C33H34N4O3. The topological polar surface area (TPSA) is 90.6 Å². The molecule has 0 unspecified atom stereocenters. The lowest BCUT2D eigenvalue weighted by Gasteiger charge is -2.21. The first-order valence-electron chi connectivity index (χ1n) is 13.4. The number of carbonyl (C=O) groups is 1. The molecule has 2 aromatic heterocycles. The van der Waals surface area contributed by atoms with Gasteiger partial charge in [-0.15, -0.1) is 0 Å². The van der Waals surface area contributed by atoms with Gasteiger partial charge < -0.3 is 25.0 Å². The number of nitrogens with zero attached hydrogens (tertiary/aromatic N) is 3. The third-order valence-electron chi connectivity index (χ3n) is 7.19. The number of phenols is 2. The first-order valence-corrected chi connectivity index (χ1v) is 13.4. The smallest absolute Gasteiger partial charge is 0.268 e. The van der Waals surface area contributed by atoms with Gasteiger partial charge >= 0.3 is 0 Å². The molecule has 0 aliphatic heterocycles. The zero-order chi connectivity index (χ0) is 28.1. The first kappa shape index (κ1) is 27.0. The molecule has 1 amide bonds. The van der Waals surface area contributed by atoms with E-state index in [0.29, 0.717) is 25.2 Å². The molecule has 5 aromatic rings. The van der Waals surface area contributed by atoms with Crippen LogP contribution in [0.3, 0.4) is 0 Å². The van der Waals surface area contributed by atoms with Crippen LogP contribution in [-0.2, 0) is 13.0 Å². The summed E-state index contributed by atoms with van der Waals surface area (Å²) in [7, 11) is 4.05. The number of nitrogens with one attached hydrogen (secondary N) is 1. The van der Waals surface area contributed by atoms with E-state index >= 15 is 0 Å². The van der Waals surface area contributed by atoms with Gasteiger partial charge in [0.15, 0.2) is 0 Å². The van der Waals surface area contributed by atoms with Crippen molar-refractivity contribution in [2.75, 3.05) is 27.2 Å². The molecule has 5 rings (SSSR count). The number of rotatable bonds is 10. The standard InChI is InChI=1S/C33H34N4O3/c1-36(2)21-22-37-29-6-4-3-5-28(29)31(32(37)33(40)35-20-17-23-15-18-34-19-16-23)30(24-7-11-26(38)12-8-24)25-9-13-27(39)14-10-25/h3-16,18-19,30,38-39H,17,20-22H2,1-2H3,(H,35,40). The summed E-state index contributed by atoms with van der Waals surface area (Å²) in [4.78, 5) is 20.3. The van der Waals surface area contributed by atoms with Crippen molar-refractivity contribution in [3.63, 3.8) is 0 Å². The van der Waals surface area contributed by atoms with Gasteiger partial charge in [-0.2, -0.15) is 0 Å². The molecule has 0 bridgehead atoms. The number of aromatic hydroxyl groups is 2. The monoisotopic (exact) mass is 534 g/mol. The molecule has 0 spiro atoms. The Labute approximate surface area is 234 Å². The molecule has 7 heteroatoms. The van der Waals surface area contributed by atoms with Gasteiger partial charge in [0.1, 0.15) is 17.2 Å². The first-order chi connectivity index (χ1) is 19.4. The number of hydrogen-bond acceptors (Lipinski definition) is 5. The zero-order valence-electron chi connectivity index (χ0n) is 22.8. The summed E-state index contributed by atoms with van der Waals surface area (Å²) in [6.45, 7) is 1.89. The van der Waals surface area contributed by atoms with Crippen LogP contribution in [0.25, 0.3) is 10.9 Å². The van der Waals surface area contributed by atoms with Crippen molar-refractivity contribution in [1.29, 1.82) is 0 Å². The van der Waals surface area contributed by atoms with E-state index in [9.17, 15) is 15.0 Å². The van der Waals surface area contributed by atoms with E-state index in [1.807, 2.05) is 62.6 Å². The van der Waals surface area contributed by atoms with Gasteiger partial charge in [-0.05, 0) is 79.7 Å². The number of para-hydroxylation sites is 1. The van der Waals surface area contributed by atoms with Crippen LogP contribution in [0.5, 0.6) is 11.5 Å². The second kappa shape index (κ2) is 12.1. The van der Waals surface area contributed by atoms with Crippen molar-refractivity contribution in [3.8, 4) is 11.5 Å². The van der Waals surface area contributed by atoms with E-state index < -0.39 is 0 Å². The molecule has 0 aliphatic carbocycles. The average molecular weight is 535 g/mol. The highest BCUT2D eigenvalue weighted by atomic mass is 16.3. The second-order valence-corrected chi connectivity index (χ2v) is 10.2. The zero-order valence-corrected chi connectivity index (χ0v) is 22.8. The number of fused-ring (bicyclic) bond motifs is 1. The Morgan fingerprint density at radius 3 is 2.08 bits per heavy atom. The SMILES string of the molecule is CN(C)CCn1c(C(=O)NCCc2ccncc2)c(C(c2ccc(O)cc2)c2ccc(O)cc2)c2ccccc21. The van der Waals surface area contributed by atoms with Crippen LogP contribution in [0.15, 0.2) is 97.3 Å². The lowest BCUT2D eigenvalue weighted by atomic mass is 9.83. The van der Waals surface area contributed by atoms with E-state index in [4.69, 9.17) is 0 Å². The van der Waals surface area contributed by atoms with Crippen molar-refractivity contribution < 1.29 is 15.0 Å². The van der Waals surface area contributed by atoms with Gasteiger partial charge in [0.05, 0.1) is 0 Å². The lowest BCUT2D eigenvalue weighted by molar-refractivity contribution is 0.0943. The largest absolute Gasteiger partial charge is 0.508 e. The Morgan fingerprint density at radius 1 is 0.875 bits per heavy atom. The molecule has 7 nitrogen and oxygen atoms in total. The van der Waals surface area contributed by atoms with Gasteiger partial charge in [-0.25, -0.2) is 0 Å². The molecule has 40 heavy (non-hydrogen) atoms. The van der Waals surface area contributed by atoms with Crippen molar-refractivity contribution in [2.24, 2.45) is 0 Å². The third-order valence-corrected chi connectivity index (χ3v) is 7.19. The maximum absolute atomic E-state index is 14.1. The van der Waals surface area contributed by atoms with Crippen molar-refractivity contribution in [2.45, 2.75) is 18.9 Å². The lowest BCUT2D eigenvalue weighted by Crippen LogP contribution is -2.30. The van der Waals surface area contributed by atoms with E-state index in [1.165, 1.54) is 0 Å². The average Bonchev–Trinajstić information content (AvgIpc) is 3.28. The Hall–Kier alpha value is -4.62. The highest BCUT2D eigenvalue weighted by Gasteiger charge is 2.30. The number of amides is 1. The van der Waals surface area contributed by atoms with Crippen molar-refractivity contribution >= 4 is 16.8 Å². The van der Waals surface area contributed by atoms with Crippen LogP contribution in [-0.4, -0.2) is 57.8 Å². The number of likely N-dealkylation sites (N-methyl/N-ethyl adjacent to an activating group) is 1. The molecule has 0 aliphatic rings. The number of carbonyl (C=O) groups excluding carboxylic acids is 1. The minimum absolute atomic E-state index is 0.137. The van der Waals surface area contributed by atoms with E-state index in [2.05, 4.69) is 31.9 Å². The summed E-state index contributed by atoms with van der Waals surface area (Å²) in [5, 5.41) is 24.2. The Kier molecular flexibility index (Phi) is 8.12. The Morgan fingerprint density at radius 2 is 1.48 bits per heavy atom. The second-order valence-electron chi connectivity index (χ2n) is 10.2. The van der Waals surface area contributed by atoms with E-state index in [-0.39, 0.29) is 23.3 Å². The molecule has 0 saturated carbocycles. The summed E-state index contributed by atoms with van der Waals surface area (Å²) in [6, 6.07) is 26.3. The molecule has 0 saturated heterocycles. The van der Waals surface area contributed by atoms with E-state index in [0.717, 1.165) is 39.7 Å². The number of aromatic nitrogens is 2. The summed E-state index contributed by atoms with van der Waals surface area (Å²) >= 11 is 0. The maximum Gasteiger partial charge on any atom is 0.268 e. The molecule has 0 radical (unpaired) electrons. The Bertz CT molecular complexity index is 1530. The van der Waals surface area contributed by atoms with Gasteiger partial charge in [0, 0.05) is 54.4 Å². The van der Waals surface area contributed by atoms with Crippen LogP contribution in [0.4, 0.5) is 0 Å². The fourth-order valence-corrected chi connectivity index (χ4v) is 5.21. The Balaban J connectivity index is 1.67. The van der Waals surface area contributed by atoms with Crippen molar-refractivity contribution in [3.05, 3.63) is 125 Å². The van der Waals surface area contributed by atoms with Crippen LogP contribution in [0.1, 0.15) is 38.7 Å². The number of pyridine rings is 1. The maximum atomic E-state index is 14.1. The summed E-state index contributed by atoms with van der Waals surface area (Å²) in [6.07, 6.45) is 4.21. The van der Waals surface area contributed by atoms with E-state index in [1.54, 1.807) is 36.7 Å². The summed E-state index contributed by atoms with van der Waals surface area (Å²) < 4.78 is 2.13. The highest BCUT2D eigenvalue weighted by molar-refractivity contribution is 6.03. The van der Waals surface area contributed by atoms with Gasteiger partial charge in [-0.3, -0.25) is 9.78 Å². The minimum Gasteiger partial charge on any atom is -0.508 e. The van der Waals surface area contributed by atoms with Gasteiger partial charge in [-0.1, -0.05) is 42.5 Å². The number of phenolic OH excluding ortho intramolecular Hbond substituents is 2. The molecule has 3 N–H and O–H groups in total.